The molecule has 6 heteroatoms. The van der Waals surface area contributed by atoms with E-state index < -0.39 is 0 Å². The van der Waals surface area contributed by atoms with Crippen LogP contribution in [0.4, 0.5) is 0 Å². The summed E-state index contributed by atoms with van der Waals surface area (Å²) < 4.78 is 7.26. The molecule has 0 saturated carbocycles. The highest BCUT2D eigenvalue weighted by Gasteiger charge is 2.11. The third-order valence-corrected chi connectivity index (χ3v) is 3.87. The van der Waals surface area contributed by atoms with Crippen LogP contribution in [0, 0.1) is 5.92 Å². The molecule has 0 unspecified atom stereocenters. The number of halogens is 2. The highest BCUT2D eigenvalue weighted by atomic mass is 79.9. The lowest BCUT2D eigenvalue weighted by atomic mass is 10.2. The second-order valence-corrected chi connectivity index (χ2v) is 6.86. The molecule has 0 aliphatic rings. The summed E-state index contributed by atoms with van der Waals surface area (Å²) >= 11 is 6.98. The van der Waals surface area contributed by atoms with Crippen LogP contribution in [-0.2, 0) is 11.3 Å². The van der Waals surface area contributed by atoms with E-state index in [-0.39, 0.29) is 12.5 Å². The lowest BCUT2D eigenvalue weighted by Gasteiger charge is -2.13. The fourth-order valence-electron chi connectivity index (χ4n) is 1.63. The van der Waals surface area contributed by atoms with Crippen molar-refractivity contribution in [2.45, 2.75) is 27.3 Å². The molecule has 21 heavy (non-hydrogen) atoms. The van der Waals surface area contributed by atoms with E-state index in [1.165, 1.54) is 0 Å². The van der Waals surface area contributed by atoms with Gasteiger partial charge in [0.2, 0.25) is 0 Å². The van der Waals surface area contributed by atoms with Gasteiger partial charge in [0.05, 0.1) is 8.95 Å². The zero-order valence-electron chi connectivity index (χ0n) is 12.6. The van der Waals surface area contributed by atoms with Crippen LogP contribution in [0.3, 0.4) is 0 Å². The molecule has 0 bridgehead atoms. The second kappa shape index (κ2) is 9.43. The number of hydrogen-bond acceptors (Lipinski definition) is 3. The Morgan fingerprint density at radius 3 is 2.43 bits per heavy atom. The quantitative estimate of drug-likeness (QED) is 0.675. The third-order valence-electron chi connectivity index (χ3n) is 2.69. The third kappa shape index (κ3) is 6.80. The maximum absolute atomic E-state index is 11.7. The number of benzene rings is 1. The molecule has 0 atom stereocenters. The van der Waals surface area contributed by atoms with Gasteiger partial charge in [-0.2, -0.15) is 0 Å². The van der Waals surface area contributed by atoms with Crippen molar-refractivity contribution in [1.82, 2.24) is 10.6 Å². The molecule has 2 N–H and O–H groups in total. The normalized spacial score (nSPS) is 10.8. The standard InChI is InChI=1S/C15H22Br2N2O2/c1-4-18-8-11-5-12(16)15(13(17)6-11)21-9-14(20)19-7-10(2)3/h5-6,10,18H,4,7-9H2,1-3H3,(H,19,20). The van der Waals surface area contributed by atoms with Gasteiger partial charge in [-0.1, -0.05) is 20.8 Å². The minimum atomic E-state index is -0.112. The molecule has 1 rings (SSSR count). The van der Waals surface area contributed by atoms with Crippen LogP contribution in [-0.4, -0.2) is 25.6 Å². The summed E-state index contributed by atoms with van der Waals surface area (Å²) in [4.78, 5) is 11.7. The van der Waals surface area contributed by atoms with E-state index in [4.69, 9.17) is 4.74 Å². The molecule has 0 aliphatic carbocycles. The van der Waals surface area contributed by atoms with Crippen LogP contribution in [0.5, 0.6) is 5.75 Å². The Kier molecular flexibility index (Phi) is 8.29. The van der Waals surface area contributed by atoms with Gasteiger partial charge in [0.25, 0.3) is 5.91 Å². The lowest BCUT2D eigenvalue weighted by molar-refractivity contribution is -0.123. The minimum Gasteiger partial charge on any atom is -0.481 e. The summed E-state index contributed by atoms with van der Waals surface area (Å²) in [5.74, 6) is 0.965. The van der Waals surface area contributed by atoms with Gasteiger partial charge < -0.3 is 15.4 Å². The zero-order valence-corrected chi connectivity index (χ0v) is 15.8. The average Bonchev–Trinajstić information content (AvgIpc) is 2.41. The van der Waals surface area contributed by atoms with E-state index >= 15 is 0 Å². The van der Waals surface area contributed by atoms with E-state index in [9.17, 15) is 4.79 Å². The monoisotopic (exact) mass is 420 g/mol. The van der Waals surface area contributed by atoms with Crippen LogP contribution in [0.2, 0.25) is 0 Å². The van der Waals surface area contributed by atoms with E-state index in [0.717, 1.165) is 27.6 Å². The Hall–Kier alpha value is -0.590. The molecule has 0 saturated heterocycles. The Morgan fingerprint density at radius 2 is 1.90 bits per heavy atom. The van der Waals surface area contributed by atoms with E-state index in [1.54, 1.807) is 0 Å². The van der Waals surface area contributed by atoms with Crippen molar-refractivity contribution in [2.24, 2.45) is 5.92 Å². The van der Waals surface area contributed by atoms with Gasteiger partial charge in [-0.25, -0.2) is 0 Å². The maximum Gasteiger partial charge on any atom is 0.257 e. The smallest absolute Gasteiger partial charge is 0.257 e. The number of amides is 1. The first-order valence-electron chi connectivity index (χ1n) is 7.02. The van der Waals surface area contributed by atoms with Crippen molar-refractivity contribution in [1.29, 1.82) is 0 Å². The lowest BCUT2D eigenvalue weighted by Crippen LogP contribution is -2.31. The first-order chi connectivity index (χ1) is 9.93. The van der Waals surface area contributed by atoms with Crippen molar-refractivity contribution in [3.8, 4) is 5.75 Å². The molecule has 4 nitrogen and oxygen atoms in total. The zero-order chi connectivity index (χ0) is 15.8. The molecule has 118 valence electrons. The molecule has 1 amide bonds. The Bertz CT molecular complexity index is 456. The van der Waals surface area contributed by atoms with E-state index in [0.29, 0.717) is 18.2 Å². The van der Waals surface area contributed by atoms with Crippen LogP contribution in [0.25, 0.3) is 0 Å². The summed E-state index contributed by atoms with van der Waals surface area (Å²) in [5, 5.41) is 6.10. The van der Waals surface area contributed by atoms with Gasteiger partial charge in [0.15, 0.2) is 6.61 Å². The molecule has 1 aromatic rings. The van der Waals surface area contributed by atoms with Gasteiger partial charge in [-0.15, -0.1) is 0 Å². The molecule has 0 heterocycles. The van der Waals surface area contributed by atoms with Gasteiger partial charge >= 0.3 is 0 Å². The van der Waals surface area contributed by atoms with Crippen molar-refractivity contribution >= 4 is 37.8 Å². The predicted molar refractivity (Wildman–Crippen MR) is 92.6 cm³/mol. The minimum absolute atomic E-state index is 0.0104. The van der Waals surface area contributed by atoms with Gasteiger partial charge in [-0.3, -0.25) is 4.79 Å². The molecule has 0 radical (unpaired) electrons. The highest BCUT2D eigenvalue weighted by molar-refractivity contribution is 9.11. The number of carbonyl (C=O) groups excluding carboxylic acids is 1. The summed E-state index contributed by atoms with van der Waals surface area (Å²) in [7, 11) is 0. The Labute approximate surface area is 143 Å². The highest BCUT2D eigenvalue weighted by Crippen LogP contribution is 2.34. The summed E-state index contributed by atoms with van der Waals surface area (Å²) in [5.41, 5.74) is 1.15. The van der Waals surface area contributed by atoms with E-state index in [2.05, 4.69) is 63.3 Å². The van der Waals surface area contributed by atoms with Crippen LogP contribution >= 0.6 is 31.9 Å². The SMILES string of the molecule is CCNCc1cc(Br)c(OCC(=O)NCC(C)C)c(Br)c1. The summed E-state index contributed by atoms with van der Waals surface area (Å²) in [6.45, 7) is 8.56. The maximum atomic E-state index is 11.7. The molecule has 0 aliphatic heterocycles. The summed E-state index contributed by atoms with van der Waals surface area (Å²) in [6, 6.07) is 3.99. The molecule has 0 aromatic heterocycles. The molecule has 0 fully saturated rings. The van der Waals surface area contributed by atoms with Gasteiger partial charge in [0.1, 0.15) is 5.75 Å². The topological polar surface area (TPSA) is 50.4 Å². The number of carbonyl (C=O) groups is 1. The first kappa shape index (κ1) is 18.5. The fourth-order valence-corrected chi connectivity index (χ4v) is 3.14. The molecular formula is C15H22Br2N2O2. The predicted octanol–water partition coefficient (Wildman–Crippen LogP) is 3.47. The van der Waals surface area contributed by atoms with Gasteiger partial charge in [-0.05, 0) is 62.0 Å². The van der Waals surface area contributed by atoms with Crippen molar-refractivity contribution < 1.29 is 9.53 Å². The van der Waals surface area contributed by atoms with Crippen molar-refractivity contribution in [3.63, 3.8) is 0 Å². The van der Waals surface area contributed by atoms with Crippen LogP contribution in [0.1, 0.15) is 26.3 Å². The number of hydrogen-bond donors (Lipinski definition) is 2. The molecule has 0 spiro atoms. The summed E-state index contributed by atoms with van der Waals surface area (Å²) in [6.07, 6.45) is 0. The van der Waals surface area contributed by atoms with Crippen molar-refractivity contribution in [3.05, 3.63) is 26.6 Å². The first-order valence-corrected chi connectivity index (χ1v) is 8.60. The van der Waals surface area contributed by atoms with Crippen LogP contribution < -0.4 is 15.4 Å². The Morgan fingerprint density at radius 1 is 1.29 bits per heavy atom. The largest absolute Gasteiger partial charge is 0.481 e. The average molecular weight is 422 g/mol. The number of ether oxygens (including phenoxy) is 1. The Balaban J connectivity index is 2.61. The van der Waals surface area contributed by atoms with E-state index in [1.807, 2.05) is 12.1 Å². The van der Waals surface area contributed by atoms with Gasteiger partial charge in [0, 0.05) is 13.1 Å². The van der Waals surface area contributed by atoms with Crippen LogP contribution in [0.15, 0.2) is 21.1 Å². The second-order valence-electron chi connectivity index (χ2n) is 5.16. The number of nitrogens with one attached hydrogen (secondary N) is 2. The fraction of sp³-hybridized carbons (Fsp3) is 0.533. The molecule has 1 aromatic carbocycles. The van der Waals surface area contributed by atoms with Crippen molar-refractivity contribution in [2.75, 3.05) is 19.7 Å². The molecular weight excluding hydrogens is 400 g/mol. The number of rotatable bonds is 8.